The second-order valence-electron chi connectivity index (χ2n) is 5.90. The van der Waals surface area contributed by atoms with Crippen molar-refractivity contribution in [2.45, 2.75) is 19.8 Å². The fraction of sp³-hybridized carbons (Fsp3) is 0.353. The number of rotatable bonds is 3. The van der Waals surface area contributed by atoms with Gasteiger partial charge in [0.25, 0.3) is 5.91 Å². The van der Waals surface area contributed by atoms with Gasteiger partial charge in [-0.05, 0) is 37.0 Å². The summed E-state index contributed by atoms with van der Waals surface area (Å²) in [6.45, 7) is 3.84. The maximum absolute atomic E-state index is 12.6. The fourth-order valence-electron chi connectivity index (χ4n) is 2.63. The Morgan fingerprint density at radius 3 is 2.78 bits per heavy atom. The molecule has 1 fully saturated rings. The molecule has 6 heteroatoms. The van der Waals surface area contributed by atoms with Gasteiger partial charge in [-0.1, -0.05) is 28.9 Å². The third-order valence-electron chi connectivity index (χ3n) is 4.05. The van der Waals surface area contributed by atoms with Gasteiger partial charge in [-0.25, -0.2) is 9.97 Å². The average molecular weight is 375 g/mol. The van der Waals surface area contributed by atoms with Gasteiger partial charge in [0.1, 0.15) is 17.8 Å². The van der Waals surface area contributed by atoms with Crippen molar-refractivity contribution >= 4 is 33.3 Å². The molecule has 1 aliphatic heterocycles. The van der Waals surface area contributed by atoms with Crippen molar-refractivity contribution in [1.29, 1.82) is 0 Å². The number of carbonyl (C=O) groups excluding carboxylic acids is 1. The van der Waals surface area contributed by atoms with Crippen LogP contribution in [0.2, 0.25) is 0 Å². The van der Waals surface area contributed by atoms with E-state index in [1.807, 2.05) is 29.2 Å². The lowest BCUT2D eigenvalue weighted by Crippen LogP contribution is -2.38. The summed E-state index contributed by atoms with van der Waals surface area (Å²) in [6, 6.07) is 9.50. The second kappa shape index (κ2) is 7.08. The summed E-state index contributed by atoms with van der Waals surface area (Å²) in [6.07, 6.45) is 3.54. The third-order valence-corrected chi connectivity index (χ3v) is 4.55. The van der Waals surface area contributed by atoms with E-state index in [1.165, 1.54) is 6.33 Å². The molecule has 2 heterocycles. The molecule has 0 aliphatic carbocycles. The van der Waals surface area contributed by atoms with Gasteiger partial charge in [-0.15, -0.1) is 0 Å². The molecule has 0 bridgehead atoms. The summed E-state index contributed by atoms with van der Waals surface area (Å²) in [4.78, 5) is 22.8. The molecular formula is C17H19BrN4O. The van der Waals surface area contributed by atoms with Gasteiger partial charge in [-0.3, -0.25) is 4.79 Å². The number of benzene rings is 1. The van der Waals surface area contributed by atoms with Crippen LogP contribution in [0.5, 0.6) is 0 Å². The van der Waals surface area contributed by atoms with Gasteiger partial charge in [-0.2, -0.15) is 0 Å². The number of nitrogens with zero attached hydrogens (tertiary/aromatic N) is 3. The van der Waals surface area contributed by atoms with E-state index in [9.17, 15) is 4.79 Å². The molecule has 1 saturated heterocycles. The van der Waals surface area contributed by atoms with Gasteiger partial charge < -0.3 is 10.2 Å². The molecule has 1 aromatic heterocycles. The van der Waals surface area contributed by atoms with Gasteiger partial charge in [0.2, 0.25) is 0 Å². The molecule has 5 nitrogen and oxygen atoms in total. The SMILES string of the molecule is CC1CCN(C(=O)c2cc(Nc3cccc(Br)c3)ncn2)CC1. The van der Waals surface area contributed by atoms with Gasteiger partial charge in [0, 0.05) is 29.3 Å². The Balaban J connectivity index is 1.73. The number of halogens is 1. The molecule has 1 N–H and O–H groups in total. The van der Waals surface area contributed by atoms with Crippen molar-refractivity contribution in [3.63, 3.8) is 0 Å². The first kappa shape index (κ1) is 15.9. The number of anilines is 2. The van der Waals surface area contributed by atoms with Gasteiger partial charge >= 0.3 is 0 Å². The molecule has 3 rings (SSSR count). The van der Waals surface area contributed by atoms with Gasteiger partial charge in [0.15, 0.2) is 0 Å². The third kappa shape index (κ3) is 4.07. The lowest BCUT2D eigenvalue weighted by Gasteiger charge is -2.30. The van der Waals surface area contributed by atoms with Crippen LogP contribution in [0.15, 0.2) is 41.1 Å². The minimum Gasteiger partial charge on any atom is -0.340 e. The maximum atomic E-state index is 12.6. The zero-order valence-electron chi connectivity index (χ0n) is 13.0. The number of likely N-dealkylation sites (tertiary alicyclic amines) is 1. The minimum absolute atomic E-state index is 0.0170. The van der Waals surface area contributed by atoms with E-state index in [4.69, 9.17) is 0 Å². The summed E-state index contributed by atoms with van der Waals surface area (Å²) < 4.78 is 0.982. The average Bonchev–Trinajstić information content (AvgIpc) is 2.55. The molecule has 1 amide bonds. The van der Waals surface area contributed by atoms with Crippen LogP contribution in [-0.4, -0.2) is 33.9 Å². The smallest absolute Gasteiger partial charge is 0.272 e. The molecular weight excluding hydrogens is 356 g/mol. The van der Waals surface area contributed by atoms with Crippen LogP contribution in [0.3, 0.4) is 0 Å². The molecule has 0 saturated carbocycles. The molecule has 2 aromatic rings. The summed E-state index contributed by atoms with van der Waals surface area (Å²) in [7, 11) is 0. The number of hydrogen-bond donors (Lipinski definition) is 1. The lowest BCUT2D eigenvalue weighted by atomic mass is 9.99. The molecule has 1 aromatic carbocycles. The van der Waals surface area contributed by atoms with E-state index < -0.39 is 0 Å². The topological polar surface area (TPSA) is 58.1 Å². The van der Waals surface area contributed by atoms with Crippen LogP contribution < -0.4 is 5.32 Å². The number of amides is 1. The molecule has 1 aliphatic rings. The van der Waals surface area contributed by atoms with Crippen LogP contribution in [0.25, 0.3) is 0 Å². The van der Waals surface area contributed by atoms with Crippen LogP contribution in [0.1, 0.15) is 30.3 Å². The monoisotopic (exact) mass is 374 g/mol. The zero-order valence-corrected chi connectivity index (χ0v) is 14.6. The predicted octanol–water partition coefficient (Wildman–Crippen LogP) is 3.85. The molecule has 0 atom stereocenters. The Bertz CT molecular complexity index is 698. The van der Waals surface area contributed by atoms with E-state index in [1.54, 1.807) is 6.07 Å². The Labute approximate surface area is 144 Å². The zero-order chi connectivity index (χ0) is 16.2. The lowest BCUT2D eigenvalue weighted by molar-refractivity contribution is 0.0691. The highest BCUT2D eigenvalue weighted by atomic mass is 79.9. The van der Waals surface area contributed by atoms with Gasteiger partial charge in [0.05, 0.1) is 0 Å². The van der Waals surface area contributed by atoms with Crippen LogP contribution in [0, 0.1) is 5.92 Å². The highest BCUT2D eigenvalue weighted by Crippen LogP contribution is 2.21. The Morgan fingerprint density at radius 1 is 1.26 bits per heavy atom. The maximum Gasteiger partial charge on any atom is 0.272 e. The van der Waals surface area contributed by atoms with Crippen LogP contribution in [0.4, 0.5) is 11.5 Å². The van der Waals surface area contributed by atoms with Crippen molar-refractivity contribution in [3.05, 3.63) is 46.8 Å². The number of carbonyl (C=O) groups is 1. The van der Waals surface area contributed by atoms with E-state index in [0.29, 0.717) is 17.4 Å². The van der Waals surface area contributed by atoms with E-state index >= 15 is 0 Å². The van der Waals surface area contributed by atoms with E-state index in [2.05, 4.69) is 38.1 Å². The molecule has 0 spiro atoms. The highest BCUT2D eigenvalue weighted by molar-refractivity contribution is 9.10. The van der Waals surface area contributed by atoms with Crippen LogP contribution >= 0.6 is 15.9 Å². The largest absolute Gasteiger partial charge is 0.340 e. The first-order valence-corrected chi connectivity index (χ1v) is 8.55. The predicted molar refractivity (Wildman–Crippen MR) is 93.8 cm³/mol. The Hall–Kier alpha value is -1.95. The second-order valence-corrected chi connectivity index (χ2v) is 6.81. The van der Waals surface area contributed by atoms with Crippen molar-refractivity contribution in [2.75, 3.05) is 18.4 Å². The van der Waals surface area contributed by atoms with Crippen LogP contribution in [-0.2, 0) is 0 Å². The summed E-state index contributed by atoms with van der Waals surface area (Å²) >= 11 is 3.44. The summed E-state index contributed by atoms with van der Waals surface area (Å²) in [5.74, 6) is 1.29. The summed E-state index contributed by atoms with van der Waals surface area (Å²) in [5, 5.41) is 3.20. The summed E-state index contributed by atoms with van der Waals surface area (Å²) in [5.41, 5.74) is 1.34. The first-order valence-electron chi connectivity index (χ1n) is 7.76. The standard InChI is InChI=1S/C17H19BrN4O/c1-12-5-7-22(8-6-12)17(23)15-10-16(20-11-19-15)21-14-4-2-3-13(18)9-14/h2-4,9-12H,5-8H2,1H3,(H,19,20,21). The molecule has 23 heavy (non-hydrogen) atoms. The minimum atomic E-state index is -0.0170. The van der Waals surface area contributed by atoms with E-state index in [-0.39, 0.29) is 5.91 Å². The first-order chi connectivity index (χ1) is 11.1. The van der Waals surface area contributed by atoms with Crippen molar-refractivity contribution in [3.8, 4) is 0 Å². The Kier molecular flexibility index (Phi) is 4.91. The number of piperidine rings is 1. The van der Waals surface area contributed by atoms with E-state index in [0.717, 1.165) is 36.1 Å². The quantitative estimate of drug-likeness (QED) is 0.885. The Morgan fingerprint density at radius 2 is 2.04 bits per heavy atom. The fourth-order valence-corrected chi connectivity index (χ4v) is 3.03. The highest BCUT2D eigenvalue weighted by Gasteiger charge is 2.22. The molecule has 0 radical (unpaired) electrons. The van der Waals surface area contributed by atoms with Crippen molar-refractivity contribution in [2.24, 2.45) is 5.92 Å². The normalized spacial score (nSPS) is 15.5. The molecule has 120 valence electrons. The molecule has 0 unspecified atom stereocenters. The number of aromatic nitrogens is 2. The van der Waals surface area contributed by atoms with Crippen molar-refractivity contribution in [1.82, 2.24) is 14.9 Å². The number of nitrogens with one attached hydrogen (secondary N) is 1. The van der Waals surface area contributed by atoms with Crippen molar-refractivity contribution < 1.29 is 4.79 Å². The number of hydrogen-bond acceptors (Lipinski definition) is 4.